The van der Waals surface area contributed by atoms with Gasteiger partial charge in [-0.3, -0.25) is 19.3 Å². The highest BCUT2D eigenvalue weighted by molar-refractivity contribution is 6.21. The molecule has 1 fully saturated rings. The molecule has 1 saturated heterocycles. The fraction of sp³-hybridized carbons (Fsp3) is 0.192. The van der Waals surface area contributed by atoms with Gasteiger partial charge in [0, 0.05) is 18.7 Å². The highest BCUT2D eigenvalue weighted by atomic mass is 16.2. The van der Waals surface area contributed by atoms with Gasteiger partial charge in [0.05, 0.1) is 29.0 Å². The smallest absolute Gasteiger partial charge is 0.261 e. The first-order chi connectivity index (χ1) is 15.6. The average Bonchev–Trinajstić information content (AvgIpc) is 3.44. The predicted octanol–water partition coefficient (Wildman–Crippen LogP) is 4.34. The maximum atomic E-state index is 13.0. The van der Waals surface area contributed by atoms with E-state index in [-0.39, 0.29) is 24.3 Å². The molecule has 1 N–H and O–H groups in total. The van der Waals surface area contributed by atoms with Gasteiger partial charge in [-0.2, -0.15) is 0 Å². The molecule has 3 amide bonds. The summed E-state index contributed by atoms with van der Waals surface area (Å²) in [5.74, 6) is -0.833. The Morgan fingerprint density at radius 1 is 0.812 bits per heavy atom. The number of nitrogens with one attached hydrogen (secondary N) is 1. The number of amides is 3. The van der Waals surface area contributed by atoms with Gasteiger partial charge in [0.15, 0.2) is 0 Å². The number of hydrogen-bond donors (Lipinski definition) is 1. The maximum Gasteiger partial charge on any atom is 0.261 e. The van der Waals surface area contributed by atoms with Crippen LogP contribution >= 0.6 is 0 Å². The van der Waals surface area contributed by atoms with Crippen molar-refractivity contribution in [2.75, 3.05) is 23.3 Å². The summed E-state index contributed by atoms with van der Waals surface area (Å²) >= 11 is 0. The Hall–Kier alpha value is -3.93. The first-order valence-corrected chi connectivity index (χ1v) is 10.8. The van der Waals surface area contributed by atoms with Crippen LogP contribution in [0.25, 0.3) is 0 Å². The monoisotopic (exact) mass is 425 g/mol. The van der Waals surface area contributed by atoms with Gasteiger partial charge in [-0.15, -0.1) is 0 Å². The van der Waals surface area contributed by atoms with Crippen LogP contribution in [0.15, 0.2) is 72.8 Å². The second kappa shape index (κ2) is 8.30. The molecule has 0 unspecified atom stereocenters. The summed E-state index contributed by atoms with van der Waals surface area (Å²) in [7, 11) is 0. The van der Waals surface area contributed by atoms with E-state index in [2.05, 4.69) is 10.2 Å². The van der Waals surface area contributed by atoms with Gasteiger partial charge < -0.3 is 10.2 Å². The number of carbonyl (C=O) groups is 3. The molecule has 2 aliphatic heterocycles. The highest BCUT2D eigenvalue weighted by Crippen LogP contribution is 2.29. The number of carbonyl (C=O) groups excluding carboxylic acids is 3. The number of nitrogens with zero attached hydrogens (tertiary/aromatic N) is 2. The lowest BCUT2D eigenvalue weighted by Gasteiger charge is -2.21. The quantitative estimate of drug-likeness (QED) is 0.618. The maximum absolute atomic E-state index is 13.0. The largest absolute Gasteiger partial charge is 0.370 e. The molecule has 32 heavy (non-hydrogen) atoms. The summed E-state index contributed by atoms with van der Waals surface area (Å²) in [6, 6.07) is 21.7. The molecule has 0 aromatic heterocycles. The number of benzene rings is 3. The van der Waals surface area contributed by atoms with Gasteiger partial charge in [0.25, 0.3) is 17.7 Å². The summed E-state index contributed by atoms with van der Waals surface area (Å²) in [6.07, 6.45) is 2.31. The molecule has 0 atom stereocenters. The van der Waals surface area contributed by atoms with E-state index in [4.69, 9.17) is 0 Å². The van der Waals surface area contributed by atoms with Crippen molar-refractivity contribution in [3.05, 3.63) is 95.1 Å². The van der Waals surface area contributed by atoms with Gasteiger partial charge in [0.2, 0.25) is 0 Å². The van der Waals surface area contributed by atoms with Crippen LogP contribution in [0.1, 0.15) is 49.5 Å². The third-order valence-electron chi connectivity index (χ3n) is 6.01. The predicted molar refractivity (Wildman–Crippen MR) is 123 cm³/mol. The van der Waals surface area contributed by atoms with Crippen molar-refractivity contribution in [1.29, 1.82) is 0 Å². The number of hydrogen-bond acceptors (Lipinski definition) is 4. The molecule has 0 saturated carbocycles. The number of fused-ring (bicyclic) bond motifs is 1. The third-order valence-corrected chi connectivity index (χ3v) is 6.01. The fourth-order valence-electron chi connectivity index (χ4n) is 4.38. The van der Waals surface area contributed by atoms with Crippen LogP contribution in [0, 0.1) is 0 Å². The van der Waals surface area contributed by atoms with Gasteiger partial charge in [-0.05, 0) is 54.8 Å². The Labute approximate surface area is 186 Å². The second-order valence-electron chi connectivity index (χ2n) is 8.11. The lowest BCUT2D eigenvalue weighted by atomic mass is 10.1. The van der Waals surface area contributed by atoms with Gasteiger partial charge in [-0.1, -0.05) is 36.4 Å². The van der Waals surface area contributed by atoms with Crippen molar-refractivity contribution >= 4 is 29.1 Å². The van der Waals surface area contributed by atoms with Crippen molar-refractivity contribution in [3.63, 3.8) is 0 Å². The Bertz CT molecular complexity index is 1180. The van der Waals surface area contributed by atoms with E-state index in [0.29, 0.717) is 16.7 Å². The molecule has 3 aromatic rings. The lowest BCUT2D eigenvalue weighted by molar-refractivity contribution is 0.0642. The topological polar surface area (TPSA) is 69.7 Å². The first-order valence-electron chi connectivity index (χ1n) is 10.8. The Morgan fingerprint density at radius 3 is 2.19 bits per heavy atom. The van der Waals surface area contributed by atoms with Crippen molar-refractivity contribution in [2.45, 2.75) is 19.4 Å². The normalized spacial score (nSPS) is 15.2. The Morgan fingerprint density at radius 2 is 1.47 bits per heavy atom. The molecule has 6 nitrogen and oxygen atoms in total. The minimum absolute atomic E-state index is 0.123. The van der Waals surface area contributed by atoms with E-state index in [1.54, 1.807) is 42.5 Å². The highest BCUT2D eigenvalue weighted by Gasteiger charge is 2.35. The molecular weight excluding hydrogens is 402 g/mol. The Balaban J connectivity index is 1.34. The third kappa shape index (κ3) is 3.64. The molecule has 6 heteroatoms. The number of rotatable bonds is 5. The molecule has 2 heterocycles. The number of anilines is 2. The van der Waals surface area contributed by atoms with Gasteiger partial charge >= 0.3 is 0 Å². The van der Waals surface area contributed by atoms with Crippen molar-refractivity contribution in [3.8, 4) is 0 Å². The standard InChI is InChI=1S/C26H23N3O3/c30-24(27-22-12-3-4-13-23(22)28-14-5-6-15-28)19-9-7-8-18(16-19)17-29-25(31)20-10-1-2-11-21(20)26(29)32/h1-4,7-13,16H,5-6,14-15,17H2,(H,27,30). The van der Waals surface area contributed by atoms with Crippen LogP contribution in [-0.2, 0) is 6.54 Å². The van der Waals surface area contributed by atoms with Gasteiger partial charge in [-0.25, -0.2) is 0 Å². The zero-order valence-corrected chi connectivity index (χ0v) is 17.6. The SMILES string of the molecule is O=C(Nc1ccccc1N1CCCC1)c1cccc(CN2C(=O)c3ccccc3C2=O)c1. The zero-order chi connectivity index (χ0) is 22.1. The van der Waals surface area contributed by atoms with Crippen LogP contribution in [0.2, 0.25) is 0 Å². The number of para-hydroxylation sites is 2. The van der Waals surface area contributed by atoms with E-state index in [0.717, 1.165) is 42.9 Å². The van der Waals surface area contributed by atoms with Crippen LogP contribution in [-0.4, -0.2) is 35.7 Å². The average molecular weight is 425 g/mol. The van der Waals surface area contributed by atoms with Crippen LogP contribution in [0.4, 0.5) is 11.4 Å². The molecular formula is C26H23N3O3. The van der Waals surface area contributed by atoms with Crippen LogP contribution in [0.5, 0.6) is 0 Å². The summed E-state index contributed by atoms with van der Waals surface area (Å²) < 4.78 is 0. The van der Waals surface area contributed by atoms with Crippen LogP contribution < -0.4 is 10.2 Å². The molecule has 0 radical (unpaired) electrons. The molecule has 2 aliphatic rings. The van der Waals surface area contributed by atoms with E-state index in [9.17, 15) is 14.4 Å². The molecule has 5 rings (SSSR count). The van der Waals surface area contributed by atoms with Crippen molar-refractivity contribution < 1.29 is 14.4 Å². The fourth-order valence-corrected chi connectivity index (χ4v) is 4.38. The second-order valence-corrected chi connectivity index (χ2v) is 8.11. The summed E-state index contributed by atoms with van der Waals surface area (Å²) in [4.78, 5) is 41.8. The summed E-state index contributed by atoms with van der Waals surface area (Å²) in [6.45, 7) is 2.10. The lowest BCUT2D eigenvalue weighted by Crippen LogP contribution is -2.29. The van der Waals surface area contributed by atoms with E-state index in [1.807, 2.05) is 30.3 Å². The zero-order valence-electron chi connectivity index (χ0n) is 17.6. The van der Waals surface area contributed by atoms with E-state index < -0.39 is 0 Å². The number of imide groups is 1. The van der Waals surface area contributed by atoms with E-state index >= 15 is 0 Å². The molecule has 0 spiro atoms. The first kappa shape index (κ1) is 20.0. The molecule has 0 aliphatic carbocycles. The van der Waals surface area contributed by atoms with Crippen molar-refractivity contribution in [1.82, 2.24) is 4.90 Å². The van der Waals surface area contributed by atoms with E-state index in [1.165, 1.54) is 4.90 Å². The van der Waals surface area contributed by atoms with Crippen molar-refractivity contribution in [2.24, 2.45) is 0 Å². The minimum atomic E-state index is -0.306. The molecule has 160 valence electrons. The summed E-state index contributed by atoms with van der Waals surface area (Å²) in [5.41, 5.74) is 3.86. The van der Waals surface area contributed by atoms with Gasteiger partial charge in [0.1, 0.15) is 0 Å². The Kier molecular flexibility index (Phi) is 5.19. The minimum Gasteiger partial charge on any atom is -0.370 e. The molecule has 0 bridgehead atoms. The summed E-state index contributed by atoms with van der Waals surface area (Å²) in [5, 5.41) is 3.03. The van der Waals surface area contributed by atoms with Crippen LogP contribution in [0.3, 0.4) is 0 Å². The molecule has 3 aromatic carbocycles.